The van der Waals surface area contributed by atoms with Crippen molar-refractivity contribution in [1.29, 1.82) is 0 Å². The zero-order chi connectivity index (χ0) is 20.7. The highest BCUT2D eigenvalue weighted by Gasteiger charge is 2.14. The van der Waals surface area contributed by atoms with Crippen molar-refractivity contribution >= 4 is 17.6 Å². The quantitative estimate of drug-likeness (QED) is 0.691. The van der Waals surface area contributed by atoms with Crippen LogP contribution >= 0.6 is 0 Å². The first-order valence-electron chi connectivity index (χ1n) is 9.62. The average molecular weight is 383 g/mol. The van der Waals surface area contributed by atoms with Crippen LogP contribution in [0.3, 0.4) is 0 Å². The lowest BCUT2D eigenvalue weighted by Gasteiger charge is -2.15. The van der Waals surface area contributed by atoms with E-state index >= 15 is 0 Å². The van der Waals surface area contributed by atoms with Gasteiger partial charge in [-0.1, -0.05) is 49.7 Å². The molecule has 0 atom stereocenters. The van der Waals surface area contributed by atoms with Crippen molar-refractivity contribution < 1.29 is 19.1 Å². The molecule has 2 aromatic carbocycles. The van der Waals surface area contributed by atoms with Crippen LogP contribution < -0.4 is 10.1 Å². The van der Waals surface area contributed by atoms with Gasteiger partial charge in [-0.15, -0.1) is 0 Å². The van der Waals surface area contributed by atoms with Gasteiger partial charge in [0.15, 0.2) is 13.2 Å². The second-order valence-electron chi connectivity index (χ2n) is 6.88. The van der Waals surface area contributed by atoms with Crippen LogP contribution in [0.5, 0.6) is 5.75 Å². The predicted molar refractivity (Wildman–Crippen MR) is 111 cm³/mol. The number of hydrogen-bond donors (Lipinski definition) is 1. The van der Waals surface area contributed by atoms with Crippen molar-refractivity contribution in [3.8, 4) is 5.75 Å². The van der Waals surface area contributed by atoms with Crippen molar-refractivity contribution in [2.75, 3.05) is 18.5 Å². The van der Waals surface area contributed by atoms with Gasteiger partial charge in [0.05, 0.1) is 0 Å². The highest BCUT2D eigenvalue weighted by molar-refractivity contribution is 5.94. The van der Waals surface area contributed by atoms with Crippen LogP contribution in [0.1, 0.15) is 41.7 Å². The van der Waals surface area contributed by atoms with E-state index in [-0.39, 0.29) is 19.1 Å². The Hall–Kier alpha value is -2.82. The van der Waals surface area contributed by atoms with Gasteiger partial charge in [0.1, 0.15) is 5.75 Å². The lowest BCUT2D eigenvalue weighted by Crippen LogP contribution is -2.24. The Bertz CT molecular complexity index is 812. The Morgan fingerprint density at radius 3 is 2.04 bits per heavy atom. The van der Waals surface area contributed by atoms with E-state index in [1.165, 1.54) is 0 Å². The minimum atomic E-state index is -0.575. The molecule has 0 aliphatic heterocycles. The molecule has 1 N–H and O–H groups in total. The molecule has 0 unspecified atom stereocenters. The number of carbonyl (C=O) groups excluding carboxylic acids is 2. The first-order valence-corrected chi connectivity index (χ1v) is 9.62. The summed E-state index contributed by atoms with van der Waals surface area (Å²) in [5.41, 5.74) is 6.01. The zero-order valence-corrected chi connectivity index (χ0v) is 17.3. The molecule has 0 radical (unpaired) electrons. The number of para-hydroxylation sites is 1. The summed E-state index contributed by atoms with van der Waals surface area (Å²) in [7, 11) is 0. The fraction of sp³-hybridized carbons (Fsp3) is 0.391. The molecule has 0 fully saturated rings. The van der Waals surface area contributed by atoms with Gasteiger partial charge in [0.2, 0.25) is 0 Å². The first kappa shape index (κ1) is 21.5. The molecule has 1 amide bonds. The van der Waals surface area contributed by atoms with Crippen LogP contribution in [0.25, 0.3) is 0 Å². The molecule has 0 bridgehead atoms. The predicted octanol–water partition coefficient (Wildman–Crippen LogP) is 4.30. The number of carbonyl (C=O) groups is 2. The molecule has 28 heavy (non-hydrogen) atoms. The summed E-state index contributed by atoms with van der Waals surface area (Å²) in [6.45, 7) is 9.39. The normalized spacial score (nSPS) is 10.5. The van der Waals surface area contributed by atoms with Gasteiger partial charge in [-0.25, -0.2) is 4.79 Å². The van der Waals surface area contributed by atoms with E-state index in [4.69, 9.17) is 9.47 Å². The Morgan fingerprint density at radius 2 is 1.50 bits per heavy atom. The van der Waals surface area contributed by atoms with Crippen LogP contribution in [0.15, 0.2) is 30.3 Å². The number of hydrogen-bond acceptors (Lipinski definition) is 4. The maximum Gasteiger partial charge on any atom is 0.344 e. The van der Waals surface area contributed by atoms with E-state index in [9.17, 15) is 9.59 Å². The van der Waals surface area contributed by atoms with E-state index in [1.807, 2.05) is 65.0 Å². The molecule has 0 aliphatic rings. The zero-order valence-electron chi connectivity index (χ0n) is 17.3. The summed E-state index contributed by atoms with van der Waals surface area (Å²) in [6.07, 6.45) is 1.62. The second kappa shape index (κ2) is 9.93. The molecule has 0 saturated heterocycles. The highest BCUT2D eigenvalue weighted by atomic mass is 16.6. The van der Waals surface area contributed by atoms with E-state index in [2.05, 4.69) is 5.32 Å². The van der Waals surface area contributed by atoms with Gasteiger partial charge in [-0.05, 0) is 55.9 Å². The molecule has 0 aromatic heterocycles. The van der Waals surface area contributed by atoms with Crippen molar-refractivity contribution in [1.82, 2.24) is 0 Å². The third-order valence-electron chi connectivity index (χ3n) is 4.57. The number of esters is 1. The maximum atomic E-state index is 12.2. The number of ether oxygens (including phenoxy) is 2. The summed E-state index contributed by atoms with van der Waals surface area (Å²) in [5.74, 6) is -0.253. The van der Waals surface area contributed by atoms with Gasteiger partial charge < -0.3 is 14.8 Å². The SMILES string of the molecule is CCc1cccc(CC)c1NC(=O)COC(=O)COc1c(C)cc(C)cc1C. The van der Waals surface area contributed by atoms with Gasteiger partial charge in [0.25, 0.3) is 5.91 Å². The smallest absolute Gasteiger partial charge is 0.344 e. The van der Waals surface area contributed by atoms with Gasteiger partial charge >= 0.3 is 5.97 Å². The fourth-order valence-corrected chi connectivity index (χ4v) is 3.29. The Balaban J connectivity index is 1.89. The minimum absolute atomic E-state index is 0.232. The van der Waals surface area contributed by atoms with Crippen LogP contribution in [-0.2, 0) is 27.2 Å². The molecule has 2 aromatic rings. The molecule has 0 aliphatic carbocycles. The van der Waals surface area contributed by atoms with E-state index in [1.54, 1.807) is 0 Å². The summed E-state index contributed by atoms with van der Waals surface area (Å²) in [5, 5.41) is 2.88. The number of amides is 1. The van der Waals surface area contributed by atoms with Gasteiger partial charge in [-0.2, -0.15) is 0 Å². The Morgan fingerprint density at radius 1 is 0.929 bits per heavy atom. The molecule has 0 saturated carbocycles. The van der Waals surface area contributed by atoms with Crippen molar-refractivity contribution in [3.63, 3.8) is 0 Å². The molecule has 0 spiro atoms. The number of anilines is 1. The van der Waals surface area contributed by atoms with Crippen LogP contribution in [-0.4, -0.2) is 25.1 Å². The lowest BCUT2D eigenvalue weighted by molar-refractivity contribution is -0.149. The highest BCUT2D eigenvalue weighted by Crippen LogP contribution is 2.24. The Kier molecular flexibility index (Phi) is 7.61. The van der Waals surface area contributed by atoms with E-state index in [0.29, 0.717) is 5.75 Å². The standard InChI is InChI=1S/C23H29NO4/c1-6-18-9-8-10-19(7-2)22(18)24-20(25)13-27-21(26)14-28-23-16(4)11-15(3)12-17(23)5/h8-12H,6-7,13-14H2,1-5H3,(H,24,25). The second-order valence-corrected chi connectivity index (χ2v) is 6.88. The number of aryl methyl sites for hydroxylation is 5. The number of benzene rings is 2. The maximum absolute atomic E-state index is 12.2. The average Bonchev–Trinajstić information content (AvgIpc) is 2.65. The lowest BCUT2D eigenvalue weighted by atomic mass is 10.0. The monoisotopic (exact) mass is 383 g/mol. The summed E-state index contributed by atoms with van der Waals surface area (Å²) < 4.78 is 10.7. The molecule has 2 rings (SSSR count). The van der Waals surface area contributed by atoms with Gasteiger partial charge in [-0.3, -0.25) is 4.79 Å². The molecule has 5 heteroatoms. The molecule has 5 nitrogen and oxygen atoms in total. The molecule has 150 valence electrons. The Labute approximate surface area is 167 Å². The topological polar surface area (TPSA) is 64.6 Å². The summed E-state index contributed by atoms with van der Waals surface area (Å²) in [4.78, 5) is 24.2. The third kappa shape index (κ3) is 5.59. The van der Waals surface area contributed by atoms with Crippen LogP contribution in [0, 0.1) is 20.8 Å². The van der Waals surface area contributed by atoms with Crippen LogP contribution in [0.2, 0.25) is 0 Å². The third-order valence-corrected chi connectivity index (χ3v) is 4.57. The summed E-state index contributed by atoms with van der Waals surface area (Å²) >= 11 is 0. The fourth-order valence-electron chi connectivity index (χ4n) is 3.29. The van der Waals surface area contributed by atoms with E-state index in [0.717, 1.165) is 46.3 Å². The van der Waals surface area contributed by atoms with Gasteiger partial charge in [0, 0.05) is 5.69 Å². The van der Waals surface area contributed by atoms with Crippen molar-refractivity contribution in [3.05, 3.63) is 58.1 Å². The van der Waals surface area contributed by atoms with Crippen molar-refractivity contribution in [2.24, 2.45) is 0 Å². The number of rotatable bonds is 8. The minimum Gasteiger partial charge on any atom is -0.481 e. The van der Waals surface area contributed by atoms with Crippen LogP contribution in [0.4, 0.5) is 5.69 Å². The number of nitrogens with one attached hydrogen (secondary N) is 1. The van der Waals surface area contributed by atoms with E-state index < -0.39 is 5.97 Å². The molecule has 0 heterocycles. The summed E-state index contributed by atoms with van der Waals surface area (Å²) in [6, 6.07) is 9.96. The molecular weight excluding hydrogens is 354 g/mol. The first-order chi connectivity index (χ1) is 13.3. The molecular formula is C23H29NO4. The van der Waals surface area contributed by atoms with Crippen molar-refractivity contribution in [2.45, 2.75) is 47.5 Å². The largest absolute Gasteiger partial charge is 0.481 e.